The molecule has 3 heterocycles. The fourth-order valence-corrected chi connectivity index (χ4v) is 6.59. The van der Waals surface area contributed by atoms with Crippen LogP contribution in [0.4, 0.5) is 23.1 Å². The van der Waals surface area contributed by atoms with E-state index in [4.69, 9.17) is 15.2 Å². The third kappa shape index (κ3) is 8.48. The lowest BCUT2D eigenvalue weighted by Crippen LogP contribution is -2.50. The summed E-state index contributed by atoms with van der Waals surface area (Å²) in [4.78, 5) is 39.7. The van der Waals surface area contributed by atoms with Crippen LogP contribution in [0.1, 0.15) is 52.7 Å². The number of aromatic amines is 1. The molecule has 236 valence electrons. The van der Waals surface area contributed by atoms with Gasteiger partial charge in [0.15, 0.2) is 11.0 Å². The maximum atomic E-state index is 12.1. The Bertz CT molecular complexity index is 1460. The normalized spacial score (nSPS) is 16.1. The predicted octanol–water partition coefficient (Wildman–Crippen LogP) is 4.82. The largest absolute Gasteiger partial charge is 0.354 e. The minimum absolute atomic E-state index is 0.0901. The van der Waals surface area contributed by atoms with Crippen LogP contribution in [-0.2, 0) is 9.59 Å². The van der Waals surface area contributed by atoms with Gasteiger partial charge in [0.2, 0.25) is 11.8 Å². The van der Waals surface area contributed by atoms with Crippen LogP contribution in [0.5, 0.6) is 0 Å². The van der Waals surface area contributed by atoms with Gasteiger partial charge in [-0.05, 0) is 67.6 Å². The number of anilines is 4. The highest BCUT2D eigenvalue weighted by atomic mass is 32.2. The SMILES string of the molecule is Cc1cc(Nc2cc(N3CCN(CC(C)(C)CC(C)(C)C(=O)NO)CC3)nc(Sc3ccc(NC(=O)C4CC4)cc3)n2)n[nH]1. The van der Waals surface area contributed by atoms with Crippen molar-refractivity contribution in [1.82, 2.24) is 30.5 Å². The van der Waals surface area contributed by atoms with Crippen LogP contribution in [-0.4, -0.2) is 74.8 Å². The van der Waals surface area contributed by atoms with Crippen molar-refractivity contribution in [1.29, 1.82) is 0 Å². The second kappa shape index (κ2) is 13.1. The molecule has 0 radical (unpaired) electrons. The van der Waals surface area contributed by atoms with E-state index < -0.39 is 5.41 Å². The molecule has 44 heavy (non-hydrogen) atoms. The van der Waals surface area contributed by atoms with Crippen LogP contribution in [0.3, 0.4) is 0 Å². The second-order valence-electron chi connectivity index (χ2n) is 13.3. The van der Waals surface area contributed by atoms with E-state index in [-0.39, 0.29) is 23.1 Å². The number of nitrogens with zero attached hydrogens (tertiary/aromatic N) is 5. The van der Waals surface area contributed by atoms with E-state index in [2.05, 4.69) is 44.5 Å². The number of aryl methyl sites for hydroxylation is 1. The van der Waals surface area contributed by atoms with E-state index >= 15 is 0 Å². The number of rotatable bonds is 12. The van der Waals surface area contributed by atoms with E-state index in [1.807, 2.05) is 62.6 Å². The topological polar surface area (TPSA) is 151 Å². The minimum Gasteiger partial charge on any atom is -0.354 e. The Labute approximate surface area is 262 Å². The first-order valence-electron chi connectivity index (χ1n) is 15.1. The number of H-pyrrole nitrogens is 1. The van der Waals surface area contributed by atoms with E-state index in [1.165, 1.54) is 11.8 Å². The molecule has 2 aliphatic rings. The Morgan fingerprint density at radius 3 is 2.34 bits per heavy atom. The van der Waals surface area contributed by atoms with Gasteiger partial charge in [0.25, 0.3) is 0 Å². The number of aromatic nitrogens is 4. The maximum absolute atomic E-state index is 12.1. The van der Waals surface area contributed by atoms with E-state index in [1.54, 1.807) is 0 Å². The van der Waals surface area contributed by atoms with E-state index in [9.17, 15) is 9.59 Å². The molecule has 2 aromatic heterocycles. The lowest BCUT2D eigenvalue weighted by Gasteiger charge is -2.41. The van der Waals surface area contributed by atoms with Crippen molar-refractivity contribution in [2.24, 2.45) is 16.7 Å². The first kappa shape index (κ1) is 31.7. The standard InChI is InChI=1S/C31H43N9O3S/c1-20-16-25(37-36-20)33-24-17-26(35-29(34-24)44-23-10-8-22(9-11-23)32-27(41)21-6-7-21)40-14-12-39(13-15-40)19-30(2,3)18-31(4,5)28(42)38-43/h8-11,16-17,21,43H,6-7,12-15,18-19H2,1-5H3,(H,32,41)(H,38,42)(H2,33,34,35,36,37). The Balaban J connectivity index is 1.26. The molecule has 5 rings (SSSR count). The number of hydrogen-bond donors (Lipinski definition) is 5. The van der Waals surface area contributed by atoms with Gasteiger partial charge in [0, 0.05) is 72.5 Å². The molecule has 3 aromatic rings. The molecule has 1 saturated heterocycles. The first-order valence-corrected chi connectivity index (χ1v) is 15.9. The number of benzene rings is 1. The second-order valence-corrected chi connectivity index (χ2v) is 14.3. The molecular weight excluding hydrogens is 578 g/mol. The summed E-state index contributed by atoms with van der Waals surface area (Å²) in [7, 11) is 0. The highest BCUT2D eigenvalue weighted by Crippen LogP contribution is 2.36. The smallest absolute Gasteiger partial charge is 0.249 e. The number of carbonyl (C=O) groups excluding carboxylic acids is 2. The van der Waals surface area contributed by atoms with Gasteiger partial charge in [-0.25, -0.2) is 15.4 Å². The van der Waals surface area contributed by atoms with Crippen molar-refractivity contribution in [2.75, 3.05) is 48.3 Å². The molecule has 1 aromatic carbocycles. The Hall–Kier alpha value is -3.68. The van der Waals surface area contributed by atoms with Gasteiger partial charge in [0.05, 0.1) is 0 Å². The summed E-state index contributed by atoms with van der Waals surface area (Å²) in [6, 6.07) is 11.7. The monoisotopic (exact) mass is 621 g/mol. The van der Waals surface area contributed by atoms with Crippen molar-refractivity contribution in [3.8, 4) is 0 Å². The predicted molar refractivity (Wildman–Crippen MR) is 171 cm³/mol. The molecule has 0 atom stereocenters. The number of amides is 2. The van der Waals surface area contributed by atoms with Gasteiger partial charge in [-0.3, -0.25) is 24.8 Å². The van der Waals surface area contributed by atoms with Crippen LogP contribution >= 0.6 is 11.8 Å². The molecule has 1 aliphatic heterocycles. The Kier molecular flexibility index (Phi) is 9.47. The Morgan fingerprint density at radius 2 is 1.73 bits per heavy atom. The maximum Gasteiger partial charge on any atom is 0.249 e. The zero-order valence-corrected chi connectivity index (χ0v) is 26.9. The van der Waals surface area contributed by atoms with Crippen LogP contribution in [0.15, 0.2) is 46.5 Å². The zero-order chi connectivity index (χ0) is 31.5. The number of carbonyl (C=O) groups is 2. The van der Waals surface area contributed by atoms with Crippen molar-refractivity contribution in [3.63, 3.8) is 0 Å². The molecule has 5 N–H and O–H groups in total. The molecular formula is C31H43N9O3S. The zero-order valence-electron chi connectivity index (χ0n) is 26.1. The highest BCUT2D eigenvalue weighted by molar-refractivity contribution is 7.99. The van der Waals surface area contributed by atoms with Gasteiger partial charge in [-0.2, -0.15) is 5.10 Å². The fourth-order valence-electron chi connectivity index (χ4n) is 5.82. The van der Waals surface area contributed by atoms with Gasteiger partial charge in [-0.1, -0.05) is 27.7 Å². The average Bonchev–Trinajstić information content (AvgIpc) is 3.75. The number of hydrogen-bond acceptors (Lipinski definition) is 10. The van der Waals surface area contributed by atoms with Crippen molar-refractivity contribution < 1.29 is 14.8 Å². The molecule has 2 amide bonds. The fraction of sp³-hybridized carbons (Fsp3) is 0.516. The van der Waals surface area contributed by atoms with Crippen LogP contribution < -0.4 is 21.0 Å². The van der Waals surface area contributed by atoms with Gasteiger partial charge < -0.3 is 15.5 Å². The van der Waals surface area contributed by atoms with Crippen molar-refractivity contribution >= 4 is 46.7 Å². The van der Waals surface area contributed by atoms with Crippen molar-refractivity contribution in [2.45, 2.75) is 63.9 Å². The number of hydroxylamine groups is 1. The summed E-state index contributed by atoms with van der Waals surface area (Å²) in [5.74, 6) is 2.06. The molecule has 13 heteroatoms. The van der Waals surface area contributed by atoms with Gasteiger partial charge >= 0.3 is 0 Å². The van der Waals surface area contributed by atoms with Crippen LogP contribution in [0.25, 0.3) is 0 Å². The quantitative estimate of drug-likeness (QED) is 0.108. The summed E-state index contributed by atoms with van der Waals surface area (Å²) in [6.07, 6.45) is 2.59. The molecule has 0 spiro atoms. The third-order valence-electron chi connectivity index (χ3n) is 7.92. The minimum atomic E-state index is -0.670. The van der Waals surface area contributed by atoms with Crippen LogP contribution in [0.2, 0.25) is 0 Å². The molecule has 2 fully saturated rings. The number of piperazine rings is 1. The highest BCUT2D eigenvalue weighted by Gasteiger charge is 2.36. The summed E-state index contributed by atoms with van der Waals surface area (Å²) >= 11 is 1.47. The van der Waals surface area contributed by atoms with Crippen LogP contribution in [0, 0.1) is 23.7 Å². The third-order valence-corrected chi connectivity index (χ3v) is 8.79. The molecule has 0 unspecified atom stereocenters. The molecule has 1 aliphatic carbocycles. The molecule has 12 nitrogen and oxygen atoms in total. The van der Waals surface area contributed by atoms with Gasteiger partial charge in [-0.15, -0.1) is 0 Å². The molecule has 0 bridgehead atoms. The average molecular weight is 622 g/mol. The lowest BCUT2D eigenvalue weighted by molar-refractivity contribution is -0.139. The van der Waals surface area contributed by atoms with Gasteiger partial charge in [0.1, 0.15) is 11.6 Å². The number of nitrogens with one attached hydrogen (secondary N) is 4. The summed E-state index contributed by atoms with van der Waals surface area (Å²) in [6.45, 7) is 14.2. The van der Waals surface area contributed by atoms with E-state index in [0.29, 0.717) is 23.2 Å². The summed E-state index contributed by atoms with van der Waals surface area (Å²) in [5, 5.41) is 23.3. The Morgan fingerprint density at radius 1 is 1.02 bits per heavy atom. The molecule has 1 saturated carbocycles. The summed E-state index contributed by atoms with van der Waals surface area (Å²) < 4.78 is 0. The van der Waals surface area contributed by atoms with Crippen molar-refractivity contribution in [3.05, 3.63) is 42.1 Å². The summed E-state index contributed by atoms with van der Waals surface area (Å²) in [5.41, 5.74) is 2.76. The first-order chi connectivity index (χ1) is 20.9. The lowest BCUT2D eigenvalue weighted by atomic mass is 9.74. The van der Waals surface area contributed by atoms with E-state index in [0.717, 1.165) is 67.7 Å².